The van der Waals surface area contributed by atoms with Gasteiger partial charge in [-0.15, -0.1) is 0 Å². The van der Waals surface area contributed by atoms with E-state index in [1.54, 1.807) is 7.05 Å². The second kappa shape index (κ2) is 10.4. The zero-order valence-corrected chi connectivity index (χ0v) is 19.1. The molecule has 166 valence electrons. The first kappa shape index (κ1) is 22.8. The summed E-state index contributed by atoms with van der Waals surface area (Å²) in [6, 6.07) is 16.5. The molecule has 0 saturated carbocycles. The zero-order valence-electron chi connectivity index (χ0n) is 19.1. The van der Waals surface area contributed by atoms with Crippen LogP contribution in [-0.4, -0.2) is 31.1 Å². The number of benzene rings is 2. The van der Waals surface area contributed by atoms with E-state index in [1.165, 1.54) is 5.56 Å². The minimum absolute atomic E-state index is 0.150. The molecule has 0 aliphatic carbocycles. The SMILES string of the molecule is CN=C(NCc1ccc(N2CCCC2=O)cc1)NCc1cccc(COC(C)(C)C)c1. The maximum absolute atomic E-state index is 11.9. The van der Waals surface area contributed by atoms with Gasteiger partial charge in [-0.05, 0) is 56.0 Å². The van der Waals surface area contributed by atoms with Gasteiger partial charge in [0.2, 0.25) is 5.91 Å². The predicted octanol–water partition coefficient (Wildman–Crippen LogP) is 3.99. The summed E-state index contributed by atoms with van der Waals surface area (Å²) in [6.07, 6.45) is 1.59. The van der Waals surface area contributed by atoms with Crippen molar-refractivity contribution >= 4 is 17.6 Å². The summed E-state index contributed by atoms with van der Waals surface area (Å²) in [6.45, 7) is 8.95. The van der Waals surface area contributed by atoms with Crippen LogP contribution in [0.2, 0.25) is 0 Å². The molecule has 0 radical (unpaired) electrons. The molecule has 6 heteroatoms. The third-order valence-corrected chi connectivity index (χ3v) is 5.13. The van der Waals surface area contributed by atoms with Crippen LogP contribution in [-0.2, 0) is 29.2 Å². The Bertz CT molecular complexity index is 900. The smallest absolute Gasteiger partial charge is 0.227 e. The Morgan fingerprint density at radius 2 is 1.71 bits per heavy atom. The first-order valence-electron chi connectivity index (χ1n) is 10.9. The maximum Gasteiger partial charge on any atom is 0.227 e. The Hall–Kier alpha value is -2.86. The first-order chi connectivity index (χ1) is 14.8. The maximum atomic E-state index is 11.9. The summed E-state index contributed by atoms with van der Waals surface area (Å²) < 4.78 is 5.87. The first-order valence-corrected chi connectivity index (χ1v) is 10.9. The van der Waals surface area contributed by atoms with Crippen LogP contribution in [0.4, 0.5) is 5.69 Å². The Labute approximate surface area is 185 Å². The van der Waals surface area contributed by atoms with Gasteiger partial charge in [0.05, 0.1) is 12.2 Å². The van der Waals surface area contributed by atoms with E-state index in [4.69, 9.17) is 4.74 Å². The fraction of sp³-hybridized carbons (Fsp3) is 0.440. The van der Waals surface area contributed by atoms with Crippen LogP contribution in [0.5, 0.6) is 0 Å². The number of nitrogens with zero attached hydrogens (tertiary/aromatic N) is 2. The van der Waals surface area contributed by atoms with Crippen LogP contribution in [0.15, 0.2) is 53.5 Å². The Kier molecular flexibility index (Phi) is 7.69. The van der Waals surface area contributed by atoms with Gasteiger partial charge in [-0.1, -0.05) is 36.4 Å². The van der Waals surface area contributed by atoms with Gasteiger partial charge in [0.1, 0.15) is 0 Å². The third kappa shape index (κ3) is 7.10. The molecule has 1 fully saturated rings. The highest BCUT2D eigenvalue weighted by Crippen LogP contribution is 2.21. The molecule has 1 saturated heterocycles. The van der Waals surface area contributed by atoms with E-state index >= 15 is 0 Å². The van der Waals surface area contributed by atoms with E-state index in [-0.39, 0.29) is 11.5 Å². The van der Waals surface area contributed by atoms with E-state index in [2.05, 4.69) is 72.8 Å². The highest BCUT2D eigenvalue weighted by molar-refractivity contribution is 5.95. The molecule has 0 spiro atoms. The summed E-state index contributed by atoms with van der Waals surface area (Å²) in [5, 5.41) is 6.71. The van der Waals surface area contributed by atoms with Crippen LogP contribution < -0.4 is 15.5 Å². The molecule has 0 atom stereocenters. The summed E-state index contributed by atoms with van der Waals surface area (Å²) >= 11 is 0. The number of nitrogens with one attached hydrogen (secondary N) is 2. The molecule has 1 aliphatic rings. The Balaban J connectivity index is 1.48. The number of guanidine groups is 1. The number of rotatable bonds is 7. The van der Waals surface area contributed by atoms with Gasteiger partial charge in [-0.25, -0.2) is 0 Å². The molecule has 2 aromatic rings. The molecule has 1 aliphatic heterocycles. The van der Waals surface area contributed by atoms with Crippen molar-refractivity contribution < 1.29 is 9.53 Å². The lowest BCUT2D eigenvalue weighted by atomic mass is 10.1. The average Bonchev–Trinajstić information content (AvgIpc) is 3.18. The van der Waals surface area contributed by atoms with Gasteiger partial charge in [0.15, 0.2) is 5.96 Å². The fourth-order valence-corrected chi connectivity index (χ4v) is 3.44. The second-order valence-electron chi connectivity index (χ2n) is 8.82. The molecule has 0 bridgehead atoms. The van der Waals surface area contributed by atoms with Crippen molar-refractivity contribution in [3.05, 3.63) is 65.2 Å². The summed E-state index contributed by atoms with van der Waals surface area (Å²) in [5.41, 5.74) is 4.30. The van der Waals surface area contributed by atoms with Gasteiger partial charge in [0, 0.05) is 38.8 Å². The molecule has 31 heavy (non-hydrogen) atoms. The van der Waals surface area contributed by atoms with E-state index in [1.807, 2.05) is 17.0 Å². The Morgan fingerprint density at radius 3 is 2.32 bits per heavy atom. The molecule has 3 rings (SSSR count). The van der Waals surface area contributed by atoms with Crippen LogP contribution >= 0.6 is 0 Å². The molecule has 1 heterocycles. The summed E-state index contributed by atoms with van der Waals surface area (Å²) in [7, 11) is 1.77. The number of ether oxygens (including phenoxy) is 1. The van der Waals surface area contributed by atoms with Gasteiger partial charge in [-0.2, -0.15) is 0 Å². The standard InChI is InChI=1S/C25H34N4O2/c1-25(2,3)31-18-21-8-5-7-20(15-21)17-28-24(26-4)27-16-19-10-12-22(13-11-19)29-14-6-9-23(29)30/h5,7-8,10-13,15H,6,9,14,16-18H2,1-4H3,(H2,26,27,28). The molecule has 6 nitrogen and oxygen atoms in total. The summed E-state index contributed by atoms with van der Waals surface area (Å²) in [5.74, 6) is 0.958. The van der Waals surface area contributed by atoms with Crippen LogP contribution in [0.1, 0.15) is 50.3 Å². The van der Waals surface area contributed by atoms with Crippen LogP contribution in [0, 0.1) is 0 Å². The predicted molar refractivity (Wildman–Crippen MR) is 126 cm³/mol. The summed E-state index contributed by atoms with van der Waals surface area (Å²) in [4.78, 5) is 18.1. The van der Waals surface area contributed by atoms with E-state index in [0.717, 1.165) is 35.7 Å². The lowest BCUT2D eigenvalue weighted by Gasteiger charge is -2.20. The number of aliphatic imine (C=N–C) groups is 1. The largest absolute Gasteiger partial charge is 0.371 e. The van der Waals surface area contributed by atoms with Gasteiger partial charge < -0.3 is 20.3 Å². The van der Waals surface area contributed by atoms with Crippen LogP contribution in [0.3, 0.4) is 0 Å². The normalized spacial score (nSPS) is 14.8. The number of carbonyl (C=O) groups excluding carboxylic acids is 1. The molecule has 1 amide bonds. The van der Waals surface area contributed by atoms with Gasteiger partial charge in [0.25, 0.3) is 0 Å². The third-order valence-electron chi connectivity index (χ3n) is 5.13. The van der Waals surface area contributed by atoms with Crippen molar-refractivity contribution in [2.75, 3.05) is 18.5 Å². The van der Waals surface area contributed by atoms with Crippen molar-refractivity contribution in [2.24, 2.45) is 4.99 Å². The molecular formula is C25H34N4O2. The number of carbonyl (C=O) groups is 1. The molecular weight excluding hydrogens is 388 g/mol. The average molecular weight is 423 g/mol. The molecule has 0 unspecified atom stereocenters. The van der Waals surface area contributed by atoms with E-state index in [9.17, 15) is 4.79 Å². The minimum atomic E-state index is -0.150. The van der Waals surface area contributed by atoms with E-state index < -0.39 is 0 Å². The molecule has 2 aromatic carbocycles. The van der Waals surface area contributed by atoms with Gasteiger partial charge >= 0.3 is 0 Å². The molecule has 0 aromatic heterocycles. The number of hydrogen-bond donors (Lipinski definition) is 2. The van der Waals surface area contributed by atoms with Crippen molar-refractivity contribution in [1.82, 2.24) is 10.6 Å². The number of anilines is 1. The lowest BCUT2D eigenvalue weighted by molar-refractivity contribution is -0.117. The highest BCUT2D eigenvalue weighted by atomic mass is 16.5. The van der Waals surface area contributed by atoms with E-state index in [0.29, 0.717) is 26.1 Å². The van der Waals surface area contributed by atoms with Crippen molar-refractivity contribution in [3.63, 3.8) is 0 Å². The fourth-order valence-electron chi connectivity index (χ4n) is 3.44. The lowest BCUT2D eigenvalue weighted by Crippen LogP contribution is -2.36. The van der Waals surface area contributed by atoms with Gasteiger partial charge in [-0.3, -0.25) is 9.79 Å². The topological polar surface area (TPSA) is 66.0 Å². The minimum Gasteiger partial charge on any atom is -0.371 e. The monoisotopic (exact) mass is 422 g/mol. The highest BCUT2D eigenvalue weighted by Gasteiger charge is 2.21. The van der Waals surface area contributed by atoms with Crippen molar-refractivity contribution in [2.45, 2.75) is 58.9 Å². The number of hydrogen-bond acceptors (Lipinski definition) is 3. The zero-order chi connectivity index (χ0) is 22.3. The Morgan fingerprint density at radius 1 is 1.03 bits per heavy atom. The second-order valence-corrected chi connectivity index (χ2v) is 8.82. The number of amides is 1. The van der Waals surface area contributed by atoms with Crippen molar-refractivity contribution in [3.8, 4) is 0 Å². The van der Waals surface area contributed by atoms with Crippen molar-refractivity contribution in [1.29, 1.82) is 0 Å². The van der Waals surface area contributed by atoms with Crippen LogP contribution in [0.25, 0.3) is 0 Å². The molecule has 2 N–H and O–H groups in total. The quantitative estimate of drug-likeness (QED) is 0.523.